The van der Waals surface area contributed by atoms with Gasteiger partial charge < -0.3 is 5.32 Å². The molecule has 0 spiro atoms. The van der Waals surface area contributed by atoms with Crippen LogP contribution >= 0.6 is 0 Å². The molecule has 0 radical (unpaired) electrons. The molecule has 1 nitrogen and oxygen atoms in total. The van der Waals surface area contributed by atoms with Gasteiger partial charge in [-0.1, -0.05) is 26.0 Å². The van der Waals surface area contributed by atoms with Crippen LogP contribution in [0, 0.1) is 5.92 Å². The van der Waals surface area contributed by atoms with Gasteiger partial charge in [0.1, 0.15) is 0 Å². The second-order valence-electron chi connectivity index (χ2n) is 3.19. The van der Waals surface area contributed by atoms with Gasteiger partial charge in [0.2, 0.25) is 0 Å². The Bertz CT molecular complexity index is 116. The number of nitrogens with one attached hydrogen (secondary N) is 1. The van der Waals surface area contributed by atoms with Crippen molar-refractivity contribution in [2.24, 2.45) is 5.92 Å². The summed E-state index contributed by atoms with van der Waals surface area (Å²) in [4.78, 5) is 0. The maximum atomic E-state index is 3.29. The quantitative estimate of drug-likeness (QED) is 0.594. The van der Waals surface area contributed by atoms with Crippen LogP contribution < -0.4 is 5.32 Å². The van der Waals surface area contributed by atoms with E-state index in [2.05, 4.69) is 45.2 Å². The predicted molar refractivity (Wildman–Crippen MR) is 47.1 cm³/mol. The summed E-state index contributed by atoms with van der Waals surface area (Å²) in [6, 6.07) is 0. The molecule has 0 saturated carbocycles. The third kappa shape index (κ3) is 2.14. The SMILES string of the molecule is C/C=C/[C@@](C)(NC)C(C)C. The molecule has 0 saturated heterocycles. The van der Waals surface area contributed by atoms with Gasteiger partial charge in [-0.2, -0.15) is 0 Å². The van der Waals surface area contributed by atoms with Crippen LogP contribution in [0.3, 0.4) is 0 Å². The monoisotopic (exact) mass is 141 g/mol. The van der Waals surface area contributed by atoms with Gasteiger partial charge in [-0.3, -0.25) is 0 Å². The Hall–Kier alpha value is -0.300. The standard InChI is InChI=1S/C9H19N/c1-6-7-9(4,10-5)8(2)3/h6-8,10H,1-5H3/b7-6+/t9-/m1/s1. The van der Waals surface area contributed by atoms with Gasteiger partial charge >= 0.3 is 0 Å². The van der Waals surface area contributed by atoms with E-state index in [9.17, 15) is 0 Å². The third-order valence-electron chi connectivity index (χ3n) is 2.25. The lowest BCUT2D eigenvalue weighted by Gasteiger charge is -2.29. The second kappa shape index (κ2) is 3.77. The Morgan fingerprint density at radius 1 is 1.40 bits per heavy atom. The molecular formula is C9H19N. The van der Waals surface area contributed by atoms with Gasteiger partial charge in [-0.05, 0) is 26.8 Å². The highest BCUT2D eigenvalue weighted by molar-refractivity contribution is 5.03. The summed E-state index contributed by atoms with van der Waals surface area (Å²) in [6.07, 6.45) is 4.30. The third-order valence-corrected chi connectivity index (χ3v) is 2.25. The summed E-state index contributed by atoms with van der Waals surface area (Å²) in [5, 5.41) is 3.29. The maximum absolute atomic E-state index is 3.29. The first-order valence-corrected chi connectivity index (χ1v) is 3.89. The van der Waals surface area contributed by atoms with Crippen molar-refractivity contribution in [1.29, 1.82) is 0 Å². The van der Waals surface area contributed by atoms with Gasteiger partial charge in [-0.25, -0.2) is 0 Å². The summed E-state index contributed by atoms with van der Waals surface area (Å²) < 4.78 is 0. The Balaban J connectivity index is 4.22. The largest absolute Gasteiger partial charge is 0.311 e. The van der Waals surface area contributed by atoms with E-state index in [1.165, 1.54) is 0 Å². The number of likely N-dealkylation sites (N-methyl/N-ethyl adjacent to an activating group) is 1. The molecule has 0 aromatic rings. The molecule has 0 bridgehead atoms. The van der Waals surface area contributed by atoms with Crippen molar-refractivity contribution in [3.8, 4) is 0 Å². The van der Waals surface area contributed by atoms with Gasteiger partial charge in [0, 0.05) is 5.54 Å². The van der Waals surface area contributed by atoms with Gasteiger partial charge in [0.05, 0.1) is 0 Å². The molecule has 0 heterocycles. The molecule has 1 N–H and O–H groups in total. The Morgan fingerprint density at radius 3 is 2.00 bits per heavy atom. The average molecular weight is 141 g/mol. The summed E-state index contributed by atoms with van der Waals surface area (Å²) in [6.45, 7) is 8.70. The van der Waals surface area contributed by atoms with Crippen LogP contribution in [0.15, 0.2) is 12.2 Å². The molecule has 10 heavy (non-hydrogen) atoms. The Morgan fingerprint density at radius 2 is 1.90 bits per heavy atom. The minimum absolute atomic E-state index is 0.161. The van der Waals surface area contributed by atoms with E-state index in [-0.39, 0.29) is 5.54 Å². The highest BCUT2D eigenvalue weighted by Gasteiger charge is 2.21. The highest BCUT2D eigenvalue weighted by Crippen LogP contribution is 2.16. The smallest absolute Gasteiger partial charge is 0.0356 e. The van der Waals surface area contributed by atoms with E-state index in [0.29, 0.717) is 5.92 Å². The van der Waals surface area contributed by atoms with Crippen molar-refractivity contribution in [3.63, 3.8) is 0 Å². The van der Waals surface area contributed by atoms with Crippen molar-refractivity contribution >= 4 is 0 Å². The molecule has 0 aromatic carbocycles. The minimum Gasteiger partial charge on any atom is -0.311 e. The zero-order chi connectivity index (χ0) is 8.20. The zero-order valence-corrected chi connectivity index (χ0v) is 7.73. The molecule has 0 aliphatic heterocycles. The predicted octanol–water partition coefficient (Wildman–Crippen LogP) is 2.20. The topological polar surface area (TPSA) is 12.0 Å². The van der Waals surface area contributed by atoms with E-state index in [1.54, 1.807) is 0 Å². The van der Waals surface area contributed by atoms with E-state index in [1.807, 2.05) is 7.05 Å². The highest BCUT2D eigenvalue weighted by atomic mass is 14.9. The fourth-order valence-corrected chi connectivity index (χ4v) is 0.911. The molecule has 0 fully saturated rings. The van der Waals surface area contributed by atoms with Gasteiger partial charge in [-0.15, -0.1) is 0 Å². The normalized spacial score (nSPS) is 18.2. The first-order chi connectivity index (χ1) is 4.56. The van der Waals surface area contributed by atoms with Crippen LogP contribution in [0.1, 0.15) is 27.7 Å². The lowest BCUT2D eigenvalue weighted by Crippen LogP contribution is -2.42. The van der Waals surface area contributed by atoms with E-state index in [0.717, 1.165) is 0 Å². The summed E-state index contributed by atoms with van der Waals surface area (Å²) in [5.41, 5.74) is 0.161. The van der Waals surface area contributed by atoms with Crippen molar-refractivity contribution in [2.75, 3.05) is 7.05 Å². The summed E-state index contributed by atoms with van der Waals surface area (Å²) in [5.74, 6) is 0.633. The van der Waals surface area contributed by atoms with E-state index in [4.69, 9.17) is 0 Å². The fourth-order valence-electron chi connectivity index (χ4n) is 0.911. The molecule has 0 unspecified atom stereocenters. The maximum Gasteiger partial charge on any atom is 0.0356 e. The number of rotatable bonds is 3. The summed E-state index contributed by atoms with van der Waals surface area (Å²) >= 11 is 0. The van der Waals surface area contributed by atoms with Crippen LogP contribution in [-0.2, 0) is 0 Å². The summed E-state index contributed by atoms with van der Waals surface area (Å²) in [7, 11) is 2.00. The molecule has 0 aliphatic rings. The molecule has 1 atom stereocenters. The molecule has 0 aliphatic carbocycles. The first-order valence-electron chi connectivity index (χ1n) is 3.89. The van der Waals surface area contributed by atoms with E-state index >= 15 is 0 Å². The van der Waals surface area contributed by atoms with Crippen molar-refractivity contribution in [2.45, 2.75) is 33.2 Å². The molecule has 60 valence electrons. The van der Waals surface area contributed by atoms with Crippen molar-refractivity contribution < 1.29 is 0 Å². The molecule has 0 aromatic heterocycles. The number of allylic oxidation sites excluding steroid dienone is 1. The second-order valence-corrected chi connectivity index (χ2v) is 3.19. The van der Waals surface area contributed by atoms with E-state index < -0.39 is 0 Å². The minimum atomic E-state index is 0.161. The molecule has 1 heteroatoms. The van der Waals surface area contributed by atoms with Crippen LogP contribution in [0.5, 0.6) is 0 Å². The molecular weight excluding hydrogens is 122 g/mol. The molecule has 0 rings (SSSR count). The number of hydrogen-bond donors (Lipinski definition) is 1. The van der Waals surface area contributed by atoms with Crippen LogP contribution in [0.2, 0.25) is 0 Å². The lowest BCUT2D eigenvalue weighted by molar-refractivity contribution is 0.352. The first kappa shape index (κ1) is 9.70. The Labute approximate surface area is 64.5 Å². The van der Waals surface area contributed by atoms with Crippen molar-refractivity contribution in [3.05, 3.63) is 12.2 Å². The van der Waals surface area contributed by atoms with Crippen LogP contribution in [0.4, 0.5) is 0 Å². The molecule has 0 amide bonds. The van der Waals surface area contributed by atoms with Crippen molar-refractivity contribution in [1.82, 2.24) is 5.32 Å². The number of hydrogen-bond acceptors (Lipinski definition) is 1. The Kier molecular flexibility index (Phi) is 3.66. The van der Waals surface area contributed by atoms with Crippen LogP contribution in [-0.4, -0.2) is 12.6 Å². The fraction of sp³-hybridized carbons (Fsp3) is 0.778. The zero-order valence-electron chi connectivity index (χ0n) is 7.73. The van der Waals surface area contributed by atoms with Gasteiger partial charge in [0.25, 0.3) is 0 Å². The average Bonchev–Trinajstić information content (AvgIpc) is 1.88. The van der Waals surface area contributed by atoms with Gasteiger partial charge in [0.15, 0.2) is 0 Å². The van der Waals surface area contributed by atoms with Crippen LogP contribution in [0.25, 0.3) is 0 Å². The lowest BCUT2D eigenvalue weighted by atomic mass is 9.88.